The topological polar surface area (TPSA) is 20.3 Å². The molecule has 1 saturated heterocycles. The summed E-state index contributed by atoms with van der Waals surface area (Å²) in [4.78, 5) is 12.1. The lowest BCUT2D eigenvalue weighted by molar-refractivity contribution is -0.136. The van der Waals surface area contributed by atoms with Crippen LogP contribution in [0.3, 0.4) is 0 Å². The average Bonchev–Trinajstić information content (AvgIpc) is 2.13. The Labute approximate surface area is 110 Å². The molecule has 4 atom stereocenters. The molecule has 4 heteroatoms. The molecule has 0 radical (unpaired) electrons. The molecular formula is C13H27NOP2. The van der Waals surface area contributed by atoms with E-state index in [1.165, 1.54) is 0 Å². The van der Waals surface area contributed by atoms with Gasteiger partial charge in [0.1, 0.15) is 0 Å². The summed E-state index contributed by atoms with van der Waals surface area (Å²) in [6.45, 7) is 13.7. The van der Waals surface area contributed by atoms with E-state index in [2.05, 4.69) is 55.1 Å². The Bertz CT molecular complexity index is 291. The van der Waals surface area contributed by atoms with E-state index in [1.807, 2.05) is 0 Å². The molecule has 2 nitrogen and oxygen atoms in total. The van der Waals surface area contributed by atoms with E-state index in [0.717, 1.165) is 12.8 Å². The standard InChI is InChI=1S/C13H27NOP2/c1-12(2,3)9-7-8-10(15)14(17-16)11(9)13(4,5)6/h9,11,17H,7-8,16H2,1-6H3. The molecular weight excluding hydrogens is 248 g/mol. The van der Waals surface area contributed by atoms with Gasteiger partial charge in [0.05, 0.1) is 0 Å². The van der Waals surface area contributed by atoms with Gasteiger partial charge in [-0.3, -0.25) is 4.79 Å². The summed E-state index contributed by atoms with van der Waals surface area (Å²) >= 11 is 0. The first-order valence-corrected chi connectivity index (χ1v) is 9.13. The fourth-order valence-corrected chi connectivity index (χ4v) is 4.84. The molecule has 1 fully saturated rings. The minimum atomic E-state index is 0.150. The zero-order valence-corrected chi connectivity index (χ0v) is 14.2. The third-order valence-electron chi connectivity index (χ3n) is 3.74. The highest BCUT2D eigenvalue weighted by Gasteiger charge is 2.46. The van der Waals surface area contributed by atoms with Gasteiger partial charge in [0.2, 0.25) is 5.91 Å². The van der Waals surface area contributed by atoms with Crippen molar-refractivity contribution in [3.8, 4) is 0 Å². The summed E-state index contributed by atoms with van der Waals surface area (Å²) in [7, 11) is 3.25. The van der Waals surface area contributed by atoms with Crippen LogP contribution in [-0.2, 0) is 4.79 Å². The van der Waals surface area contributed by atoms with Crippen LogP contribution in [0, 0.1) is 16.7 Å². The van der Waals surface area contributed by atoms with Gasteiger partial charge >= 0.3 is 0 Å². The smallest absolute Gasteiger partial charge is 0.226 e. The Kier molecular flexibility index (Phi) is 4.65. The number of amides is 1. The first kappa shape index (κ1) is 15.4. The van der Waals surface area contributed by atoms with Crippen LogP contribution in [-0.4, -0.2) is 16.6 Å². The number of hydrogen-bond donors (Lipinski definition) is 0. The second kappa shape index (κ2) is 5.14. The molecule has 0 aliphatic carbocycles. The highest BCUT2D eigenvalue weighted by molar-refractivity contribution is 8.01. The highest BCUT2D eigenvalue weighted by Crippen LogP contribution is 2.49. The molecule has 0 aromatic carbocycles. The molecule has 0 saturated carbocycles. The molecule has 100 valence electrons. The zero-order chi connectivity index (χ0) is 13.4. The minimum absolute atomic E-state index is 0.150. The van der Waals surface area contributed by atoms with E-state index in [0.29, 0.717) is 26.3 Å². The van der Waals surface area contributed by atoms with Gasteiger partial charge in [0.25, 0.3) is 0 Å². The fourth-order valence-electron chi connectivity index (χ4n) is 2.94. The van der Waals surface area contributed by atoms with Crippen LogP contribution >= 0.6 is 17.3 Å². The average molecular weight is 275 g/mol. The van der Waals surface area contributed by atoms with Crippen LogP contribution in [0.5, 0.6) is 0 Å². The molecule has 4 unspecified atom stereocenters. The van der Waals surface area contributed by atoms with Crippen LogP contribution in [0.1, 0.15) is 54.4 Å². The van der Waals surface area contributed by atoms with Crippen molar-refractivity contribution in [2.45, 2.75) is 60.4 Å². The maximum Gasteiger partial charge on any atom is 0.226 e. The number of nitrogens with zero attached hydrogens (tertiary/aromatic N) is 1. The van der Waals surface area contributed by atoms with Crippen LogP contribution in [0.4, 0.5) is 0 Å². The summed E-state index contributed by atoms with van der Waals surface area (Å²) in [6.07, 6.45) is 1.76. The summed E-state index contributed by atoms with van der Waals surface area (Å²) in [5, 5.41) is 0. The van der Waals surface area contributed by atoms with Crippen molar-refractivity contribution in [2.75, 3.05) is 0 Å². The molecule has 1 amide bonds. The van der Waals surface area contributed by atoms with Crippen LogP contribution in [0.25, 0.3) is 0 Å². The van der Waals surface area contributed by atoms with Crippen molar-refractivity contribution in [3.05, 3.63) is 0 Å². The fraction of sp³-hybridized carbons (Fsp3) is 0.923. The van der Waals surface area contributed by atoms with Crippen molar-refractivity contribution < 1.29 is 4.79 Å². The van der Waals surface area contributed by atoms with E-state index >= 15 is 0 Å². The Hall–Kier alpha value is 0.330. The van der Waals surface area contributed by atoms with Gasteiger partial charge in [-0.2, -0.15) is 0 Å². The normalized spacial score (nSPS) is 28.2. The number of carbonyl (C=O) groups excluding carboxylic acids is 1. The Morgan fingerprint density at radius 2 is 1.71 bits per heavy atom. The first-order chi connectivity index (χ1) is 7.59. The molecule has 0 bridgehead atoms. The van der Waals surface area contributed by atoms with Crippen molar-refractivity contribution in [2.24, 2.45) is 16.7 Å². The second-order valence-electron chi connectivity index (χ2n) is 7.21. The van der Waals surface area contributed by atoms with E-state index in [4.69, 9.17) is 0 Å². The molecule has 0 aromatic heterocycles. The van der Waals surface area contributed by atoms with Gasteiger partial charge < -0.3 is 4.67 Å². The third kappa shape index (κ3) is 3.42. The molecule has 1 aliphatic heterocycles. The van der Waals surface area contributed by atoms with Gasteiger partial charge in [-0.15, -0.1) is 0 Å². The number of carbonyl (C=O) groups is 1. The van der Waals surface area contributed by atoms with Crippen molar-refractivity contribution in [1.29, 1.82) is 0 Å². The minimum Gasteiger partial charge on any atom is -0.317 e. The van der Waals surface area contributed by atoms with Crippen LogP contribution in [0.2, 0.25) is 0 Å². The summed E-state index contributed by atoms with van der Waals surface area (Å²) in [6, 6.07) is 0.361. The lowest BCUT2D eigenvalue weighted by Crippen LogP contribution is -2.54. The second-order valence-corrected chi connectivity index (χ2v) is 8.73. The van der Waals surface area contributed by atoms with Gasteiger partial charge in [0, 0.05) is 12.5 Å². The molecule has 1 heterocycles. The largest absolute Gasteiger partial charge is 0.317 e. The Balaban J connectivity index is 3.11. The molecule has 0 aromatic rings. The van der Waals surface area contributed by atoms with E-state index in [-0.39, 0.29) is 10.8 Å². The van der Waals surface area contributed by atoms with Crippen molar-refractivity contribution >= 4 is 23.3 Å². The zero-order valence-electron chi connectivity index (χ0n) is 12.0. The Morgan fingerprint density at radius 3 is 2.06 bits per heavy atom. The van der Waals surface area contributed by atoms with E-state index < -0.39 is 0 Å². The predicted octanol–water partition coefficient (Wildman–Crippen LogP) is 4.07. The van der Waals surface area contributed by atoms with Gasteiger partial charge in [-0.1, -0.05) is 50.5 Å². The molecule has 1 aliphatic rings. The van der Waals surface area contributed by atoms with Crippen molar-refractivity contribution in [1.82, 2.24) is 4.67 Å². The van der Waals surface area contributed by atoms with Crippen LogP contribution in [0.15, 0.2) is 0 Å². The van der Waals surface area contributed by atoms with Crippen LogP contribution < -0.4 is 0 Å². The number of hydrogen-bond acceptors (Lipinski definition) is 1. The maximum atomic E-state index is 12.1. The van der Waals surface area contributed by atoms with Gasteiger partial charge in [-0.25, -0.2) is 0 Å². The summed E-state index contributed by atoms with van der Waals surface area (Å²) in [5.74, 6) is 0.923. The third-order valence-corrected chi connectivity index (χ3v) is 5.38. The summed E-state index contributed by atoms with van der Waals surface area (Å²) < 4.78 is 2.10. The first-order valence-electron chi connectivity index (χ1n) is 6.37. The number of piperidine rings is 1. The monoisotopic (exact) mass is 275 g/mol. The van der Waals surface area contributed by atoms with E-state index in [1.54, 1.807) is 0 Å². The predicted molar refractivity (Wildman–Crippen MR) is 80.3 cm³/mol. The molecule has 17 heavy (non-hydrogen) atoms. The van der Waals surface area contributed by atoms with Gasteiger partial charge in [-0.05, 0) is 31.6 Å². The highest BCUT2D eigenvalue weighted by atomic mass is 32.0. The lowest BCUT2D eigenvalue weighted by atomic mass is 9.65. The van der Waals surface area contributed by atoms with Gasteiger partial charge in [0.15, 0.2) is 0 Å². The number of rotatable bonds is 1. The molecule has 0 N–H and O–H groups in total. The molecule has 0 spiro atoms. The Morgan fingerprint density at radius 1 is 1.18 bits per heavy atom. The maximum absolute atomic E-state index is 12.1. The van der Waals surface area contributed by atoms with Crippen molar-refractivity contribution in [3.63, 3.8) is 0 Å². The molecule has 1 rings (SSSR count). The quantitative estimate of drug-likeness (QED) is 0.661. The lowest BCUT2D eigenvalue weighted by Gasteiger charge is -2.51. The SMILES string of the molecule is CC(C)(C)C1CCC(=O)N(PP)C1C(C)(C)C. The van der Waals surface area contributed by atoms with E-state index in [9.17, 15) is 4.79 Å². The summed E-state index contributed by atoms with van der Waals surface area (Å²) in [5.41, 5.74) is 0.415.